The van der Waals surface area contributed by atoms with E-state index in [1.54, 1.807) is 15.9 Å². The van der Waals surface area contributed by atoms with Crippen LogP contribution in [-0.2, 0) is 0 Å². The van der Waals surface area contributed by atoms with Crippen LogP contribution in [0.4, 0.5) is 39.5 Å². The summed E-state index contributed by atoms with van der Waals surface area (Å²) in [5, 5.41) is -2.02. The van der Waals surface area contributed by atoms with Gasteiger partial charge in [-0.05, 0) is 0 Å². The monoisotopic (exact) mass is 312 g/mol. The van der Waals surface area contributed by atoms with Gasteiger partial charge >= 0.3 is 23.9 Å². The van der Waals surface area contributed by atoms with E-state index in [4.69, 9.17) is 0 Å². The molecule has 0 N–H and O–H groups in total. The molecule has 0 aromatic heterocycles. The highest BCUT2D eigenvalue weighted by molar-refractivity contribution is 9.09. The molecule has 0 atom stereocenters. The summed E-state index contributed by atoms with van der Waals surface area (Å²) in [6.07, 6.45) is -6.75. The van der Waals surface area contributed by atoms with Crippen molar-refractivity contribution in [3.8, 4) is 0 Å². The van der Waals surface area contributed by atoms with Crippen LogP contribution in [0.1, 0.15) is 0 Å². The molecular formula is C5H2BrF9. The Kier molecular flexibility index (Phi) is 3.67. The average Bonchev–Trinajstić information content (AvgIpc) is 2.01. The zero-order valence-corrected chi connectivity index (χ0v) is 8.07. The molecule has 0 aromatic rings. The fourth-order valence-corrected chi connectivity index (χ4v) is 0.844. The van der Waals surface area contributed by atoms with Crippen molar-refractivity contribution in [2.45, 2.75) is 23.9 Å². The molecule has 10 heteroatoms. The minimum atomic E-state index is -6.79. The molecule has 0 aromatic carbocycles. The van der Waals surface area contributed by atoms with E-state index in [0.29, 0.717) is 0 Å². The Balaban J connectivity index is 5.38. The number of alkyl halides is 10. The van der Waals surface area contributed by atoms with Crippen molar-refractivity contribution in [3.05, 3.63) is 0 Å². The van der Waals surface area contributed by atoms with Crippen LogP contribution in [0.2, 0.25) is 0 Å². The van der Waals surface area contributed by atoms with Crippen molar-refractivity contribution in [2.75, 3.05) is 5.33 Å². The molecule has 0 fully saturated rings. The summed E-state index contributed by atoms with van der Waals surface area (Å²) in [6.45, 7) is 0. The van der Waals surface area contributed by atoms with Crippen LogP contribution in [0.25, 0.3) is 0 Å². The van der Waals surface area contributed by atoms with Crippen LogP contribution >= 0.6 is 15.9 Å². The van der Waals surface area contributed by atoms with E-state index in [9.17, 15) is 39.5 Å². The third kappa shape index (κ3) is 2.18. The lowest BCUT2D eigenvalue weighted by atomic mass is 10.1. The van der Waals surface area contributed by atoms with Gasteiger partial charge in [0.2, 0.25) is 0 Å². The maximum Gasteiger partial charge on any atom is 0.460 e. The summed E-state index contributed by atoms with van der Waals surface area (Å²) < 4.78 is 107. The van der Waals surface area contributed by atoms with Gasteiger partial charge in [-0.2, -0.15) is 39.5 Å². The lowest BCUT2D eigenvalue weighted by molar-refractivity contribution is -0.392. The molecule has 0 unspecified atom stereocenters. The summed E-state index contributed by atoms with van der Waals surface area (Å²) in [7, 11) is 0. The summed E-state index contributed by atoms with van der Waals surface area (Å²) in [4.78, 5) is 0. The first-order chi connectivity index (χ1) is 6.31. The van der Waals surface area contributed by atoms with Crippen LogP contribution in [0, 0.1) is 0 Å². The first-order valence-corrected chi connectivity index (χ1v) is 4.19. The largest absolute Gasteiger partial charge is 0.460 e. The minimum Gasteiger partial charge on any atom is -0.199 e. The van der Waals surface area contributed by atoms with Crippen LogP contribution in [0.5, 0.6) is 0 Å². The molecule has 0 amide bonds. The van der Waals surface area contributed by atoms with E-state index in [-0.39, 0.29) is 0 Å². The van der Waals surface area contributed by atoms with Crippen LogP contribution in [-0.4, -0.2) is 29.3 Å². The van der Waals surface area contributed by atoms with Gasteiger partial charge in [-0.1, -0.05) is 15.9 Å². The molecule has 0 saturated carbocycles. The van der Waals surface area contributed by atoms with Crippen molar-refractivity contribution < 1.29 is 39.5 Å². The van der Waals surface area contributed by atoms with Crippen molar-refractivity contribution in [1.29, 1.82) is 0 Å². The maximum atomic E-state index is 12.2. The highest BCUT2D eigenvalue weighted by Crippen LogP contribution is 2.53. The highest BCUT2D eigenvalue weighted by atomic mass is 79.9. The number of rotatable bonds is 3. The summed E-state index contributed by atoms with van der Waals surface area (Å²) in [6, 6.07) is 0. The third-order valence-electron chi connectivity index (χ3n) is 1.38. The molecule has 0 radical (unpaired) electrons. The second kappa shape index (κ2) is 3.70. The Bertz CT molecular complexity index is 229. The quantitative estimate of drug-likeness (QED) is 0.548. The molecular weight excluding hydrogens is 311 g/mol. The van der Waals surface area contributed by atoms with Gasteiger partial charge in [0.25, 0.3) is 0 Å². The average molecular weight is 313 g/mol. The Morgan fingerprint density at radius 3 is 1.20 bits per heavy atom. The van der Waals surface area contributed by atoms with Crippen LogP contribution < -0.4 is 0 Å². The first-order valence-electron chi connectivity index (χ1n) is 3.07. The smallest absolute Gasteiger partial charge is 0.199 e. The Morgan fingerprint density at radius 2 is 1.00 bits per heavy atom. The van der Waals surface area contributed by atoms with E-state index in [2.05, 4.69) is 0 Å². The number of halogens is 10. The number of hydrogen-bond acceptors (Lipinski definition) is 0. The van der Waals surface area contributed by atoms with Gasteiger partial charge in [-0.3, -0.25) is 0 Å². The van der Waals surface area contributed by atoms with Crippen molar-refractivity contribution in [3.63, 3.8) is 0 Å². The molecule has 0 nitrogen and oxygen atoms in total. The van der Waals surface area contributed by atoms with E-state index in [1.165, 1.54) is 0 Å². The van der Waals surface area contributed by atoms with Crippen molar-refractivity contribution in [2.24, 2.45) is 0 Å². The van der Waals surface area contributed by atoms with E-state index >= 15 is 0 Å². The second-order valence-electron chi connectivity index (χ2n) is 2.48. The van der Waals surface area contributed by atoms with Crippen molar-refractivity contribution in [1.82, 2.24) is 0 Å². The van der Waals surface area contributed by atoms with Crippen LogP contribution in [0.3, 0.4) is 0 Å². The molecule has 0 spiro atoms. The Hall–Kier alpha value is -0.150. The predicted octanol–water partition coefficient (Wildman–Crippen LogP) is 3.85. The summed E-state index contributed by atoms with van der Waals surface area (Å²) in [5.41, 5.74) is 0. The second-order valence-corrected chi connectivity index (χ2v) is 3.05. The zero-order valence-electron chi connectivity index (χ0n) is 6.49. The van der Waals surface area contributed by atoms with Gasteiger partial charge in [0.05, 0.1) is 5.33 Å². The Labute approximate surface area is 85.6 Å². The van der Waals surface area contributed by atoms with E-state index in [0.717, 1.165) is 0 Å². The first kappa shape index (κ1) is 14.8. The van der Waals surface area contributed by atoms with Gasteiger partial charge in [-0.15, -0.1) is 0 Å². The zero-order chi connectivity index (χ0) is 12.7. The molecule has 0 aliphatic heterocycles. The van der Waals surface area contributed by atoms with Gasteiger partial charge in [0.15, 0.2) is 0 Å². The standard InChI is InChI=1S/C5H2BrF9/c6-1-2(7,8)3(9,10)4(11,12)5(13,14)15/h1H2. The number of hydrogen-bond donors (Lipinski definition) is 0. The van der Waals surface area contributed by atoms with E-state index < -0.39 is 29.3 Å². The molecule has 0 heterocycles. The fraction of sp³-hybridized carbons (Fsp3) is 1.00. The van der Waals surface area contributed by atoms with Crippen LogP contribution in [0.15, 0.2) is 0 Å². The lowest BCUT2D eigenvalue weighted by Gasteiger charge is -2.32. The van der Waals surface area contributed by atoms with E-state index in [1.807, 2.05) is 0 Å². The highest BCUT2D eigenvalue weighted by Gasteiger charge is 2.81. The molecule has 15 heavy (non-hydrogen) atoms. The summed E-state index contributed by atoms with van der Waals surface area (Å²) >= 11 is 1.74. The SMILES string of the molecule is FC(F)(F)C(F)(F)C(F)(F)C(F)(F)CBr. The molecule has 0 bridgehead atoms. The Morgan fingerprint density at radius 1 is 0.667 bits per heavy atom. The minimum absolute atomic E-state index is 1.74. The molecule has 0 rings (SSSR count). The fourth-order valence-electron chi connectivity index (χ4n) is 0.492. The van der Waals surface area contributed by atoms with Gasteiger partial charge in [0, 0.05) is 0 Å². The summed E-state index contributed by atoms with van der Waals surface area (Å²) in [5.74, 6) is -18.8. The predicted molar refractivity (Wildman–Crippen MR) is 34.7 cm³/mol. The van der Waals surface area contributed by atoms with Crippen molar-refractivity contribution >= 4 is 15.9 Å². The lowest BCUT2D eigenvalue weighted by Crippen LogP contribution is -2.61. The normalized spacial score (nSPS) is 15.6. The topological polar surface area (TPSA) is 0 Å². The van der Waals surface area contributed by atoms with Gasteiger partial charge in [-0.25, -0.2) is 0 Å². The van der Waals surface area contributed by atoms with Gasteiger partial charge < -0.3 is 0 Å². The third-order valence-corrected chi connectivity index (χ3v) is 2.08. The molecule has 0 aliphatic rings. The van der Waals surface area contributed by atoms with Gasteiger partial charge in [0.1, 0.15) is 0 Å². The molecule has 0 aliphatic carbocycles. The molecule has 92 valence electrons. The molecule has 0 saturated heterocycles. The maximum absolute atomic E-state index is 12.2.